The van der Waals surface area contributed by atoms with Gasteiger partial charge in [0.2, 0.25) is 0 Å². The molecule has 4 rings (SSSR count). The van der Waals surface area contributed by atoms with Crippen LogP contribution in [0.4, 0.5) is 11.4 Å². The number of aromatic hydroxyl groups is 1. The van der Waals surface area contributed by atoms with Crippen LogP contribution < -0.4 is 15.3 Å². The van der Waals surface area contributed by atoms with E-state index in [-0.39, 0.29) is 23.3 Å². The second-order valence-corrected chi connectivity index (χ2v) is 6.45. The minimum atomic E-state index is -0.696. The zero-order valence-electron chi connectivity index (χ0n) is 15.5. The molecule has 0 fully saturated rings. The van der Waals surface area contributed by atoms with Gasteiger partial charge in [0.15, 0.2) is 5.75 Å². The number of aryl methyl sites for hydroxylation is 1. The average molecular weight is 393 g/mol. The number of fused-ring (bicyclic) bond motifs is 3. The van der Waals surface area contributed by atoms with Crippen molar-refractivity contribution in [1.82, 2.24) is 4.57 Å². The number of aromatic nitrogens is 1. The van der Waals surface area contributed by atoms with Crippen molar-refractivity contribution in [2.75, 3.05) is 11.9 Å². The quantitative estimate of drug-likeness (QED) is 0.316. The molecule has 0 spiro atoms. The van der Waals surface area contributed by atoms with Crippen LogP contribution in [-0.4, -0.2) is 22.6 Å². The van der Waals surface area contributed by atoms with Gasteiger partial charge < -0.3 is 19.5 Å². The summed E-state index contributed by atoms with van der Waals surface area (Å²) in [5, 5.41) is 14.6. The first-order valence-electron chi connectivity index (χ1n) is 8.54. The lowest BCUT2D eigenvalue weighted by atomic mass is 10.0. The summed E-state index contributed by atoms with van der Waals surface area (Å²) in [6, 6.07) is 9.62. The number of pyridine rings is 1. The van der Waals surface area contributed by atoms with Crippen molar-refractivity contribution >= 4 is 28.2 Å². The van der Waals surface area contributed by atoms with Crippen molar-refractivity contribution < 1.29 is 19.7 Å². The lowest BCUT2D eigenvalue weighted by Gasteiger charge is -2.19. The predicted molar refractivity (Wildman–Crippen MR) is 104 cm³/mol. The Kier molecular flexibility index (Phi) is 4.34. The third-order valence-corrected chi connectivity index (χ3v) is 4.84. The second-order valence-electron chi connectivity index (χ2n) is 6.45. The zero-order chi connectivity index (χ0) is 20.7. The van der Waals surface area contributed by atoms with Crippen molar-refractivity contribution in [3.8, 4) is 11.5 Å². The second kappa shape index (κ2) is 6.86. The van der Waals surface area contributed by atoms with Crippen molar-refractivity contribution in [3.63, 3.8) is 0 Å². The maximum Gasteiger partial charge on any atom is 0.267 e. The van der Waals surface area contributed by atoms with Gasteiger partial charge in [0.1, 0.15) is 17.9 Å². The van der Waals surface area contributed by atoms with Crippen LogP contribution in [0.2, 0.25) is 0 Å². The van der Waals surface area contributed by atoms with Crippen molar-refractivity contribution in [2.45, 2.75) is 6.61 Å². The first-order chi connectivity index (χ1) is 13.9. The number of hydrogen-bond donors (Lipinski definition) is 1. The van der Waals surface area contributed by atoms with Gasteiger partial charge in [-0.15, -0.1) is 0 Å². The number of amides is 1. The van der Waals surface area contributed by atoms with Crippen LogP contribution in [0.3, 0.4) is 0 Å². The number of rotatable bonds is 3. The SMILES string of the molecule is CN(C(=O)c1c(O)c2c3c(ccc2n(C)c1=O)COO3)c1ccc(N=[N+]=[N-])cc1. The molecule has 1 N–H and O–H groups in total. The molecule has 10 heteroatoms. The van der Waals surface area contributed by atoms with Crippen molar-refractivity contribution in [3.05, 3.63) is 68.3 Å². The van der Waals surface area contributed by atoms with E-state index >= 15 is 0 Å². The Hall–Kier alpha value is -4.01. The maximum atomic E-state index is 13.1. The highest BCUT2D eigenvalue weighted by molar-refractivity contribution is 6.11. The molecule has 29 heavy (non-hydrogen) atoms. The summed E-state index contributed by atoms with van der Waals surface area (Å²) in [5.41, 5.74) is 9.41. The summed E-state index contributed by atoms with van der Waals surface area (Å²) >= 11 is 0. The molecule has 146 valence electrons. The van der Waals surface area contributed by atoms with E-state index in [1.807, 2.05) is 0 Å². The summed E-state index contributed by atoms with van der Waals surface area (Å²) in [7, 11) is 2.99. The summed E-state index contributed by atoms with van der Waals surface area (Å²) in [5.74, 6) is -0.878. The highest BCUT2D eigenvalue weighted by atomic mass is 17.2. The minimum Gasteiger partial charge on any atom is -0.506 e. The summed E-state index contributed by atoms with van der Waals surface area (Å²) < 4.78 is 1.28. The van der Waals surface area contributed by atoms with Gasteiger partial charge in [-0.2, -0.15) is 4.89 Å². The van der Waals surface area contributed by atoms with E-state index in [4.69, 9.17) is 15.3 Å². The van der Waals surface area contributed by atoms with Gasteiger partial charge in [-0.05, 0) is 23.7 Å². The fourth-order valence-electron chi connectivity index (χ4n) is 3.26. The number of hydrogen-bond acceptors (Lipinski definition) is 6. The van der Waals surface area contributed by atoms with E-state index in [9.17, 15) is 14.7 Å². The maximum absolute atomic E-state index is 13.1. The fraction of sp³-hybridized carbons (Fsp3) is 0.158. The molecule has 0 saturated carbocycles. The van der Waals surface area contributed by atoms with Gasteiger partial charge >= 0.3 is 0 Å². The van der Waals surface area contributed by atoms with Crippen LogP contribution in [-0.2, 0) is 18.5 Å². The summed E-state index contributed by atoms with van der Waals surface area (Å²) in [6.07, 6.45) is 0. The normalized spacial score (nSPS) is 12.2. The van der Waals surface area contributed by atoms with E-state index in [1.54, 1.807) is 24.3 Å². The molecule has 1 aliphatic rings. The monoisotopic (exact) mass is 393 g/mol. The molecule has 0 unspecified atom stereocenters. The van der Waals surface area contributed by atoms with Crippen LogP contribution in [0.1, 0.15) is 15.9 Å². The Balaban J connectivity index is 1.85. The molecular weight excluding hydrogens is 378 g/mol. The Morgan fingerprint density at radius 1 is 1.28 bits per heavy atom. The molecule has 1 aliphatic heterocycles. The number of azide groups is 1. The summed E-state index contributed by atoms with van der Waals surface area (Å²) in [4.78, 5) is 40.0. The Morgan fingerprint density at radius 2 is 2.00 bits per heavy atom. The molecule has 1 amide bonds. The topological polar surface area (TPSA) is 130 Å². The summed E-state index contributed by atoms with van der Waals surface area (Å²) in [6.45, 7) is 0.203. The fourth-order valence-corrected chi connectivity index (χ4v) is 3.26. The van der Waals surface area contributed by atoms with Gasteiger partial charge in [0.05, 0.1) is 10.9 Å². The van der Waals surface area contributed by atoms with E-state index < -0.39 is 17.2 Å². The molecule has 10 nitrogen and oxygen atoms in total. The van der Waals surface area contributed by atoms with E-state index in [2.05, 4.69) is 10.0 Å². The van der Waals surface area contributed by atoms with Gasteiger partial charge in [0.25, 0.3) is 11.5 Å². The number of anilines is 1. The van der Waals surface area contributed by atoms with Crippen LogP contribution in [0.25, 0.3) is 21.3 Å². The third-order valence-electron chi connectivity index (χ3n) is 4.84. The van der Waals surface area contributed by atoms with Crippen LogP contribution in [0, 0.1) is 0 Å². The molecule has 0 radical (unpaired) electrons. The van der Waals surface area contributed by atoms with Crippen LogP contribution in [0.15, 0.2) is 46.3 Å². The smallest absolute Gasteiger partial charge is 0.267 e. The Morgan fingerprint density at radius 3 is 2.69 bits per heavy atom. The molecule has 1 aromatic heterocycles. The van der Waals surface area contributed by atoms with Crippen molar-refractivity contribution in [1.29, 1.82) is 0 Å². The van der Waals surface area contributed by atoms with E-state index in [0.29, 0.717) is 22.5 Å². The average Bonchev–Trinajstić information content (AvgIpc) is 3.20. The molecular formula is C19H15N5O5. The zero-order valence-corrected chi connectivity index (χ0v) is 15.5. The number of benzene rings is 2. The van der Waals surface area contributed by atoms with Crippen LogP contribution >= 0.6 is 0 Å². The molecule has 3 aromatic rings. The third kappa shape index (κ3) is 2.83. The minimum absolute atomic E-state index is 0.203. The number of carbonyl (C=O) groups is 1. The first kappa shape index (κ1) is 18.4. The molecule has 2 heterocycles. The molecule has 2 aromatic carbocycles. The van der Waals surface area contributed by atoms with Crippen molar-refractivity contribution in [2.24, 2.45) is 12.2 Å². The predicted octanol–water partition coefficient (Wildman–Crippen LogP) is 3.29. The molecule has 0 aliphatic carbocycles. The Bertz CT molecular complexity index is 1260. The van der Waals surface area contributed by atoms with Crippen LogP contribution in [0.5, 0.6) is 11.5 Å². The number of nitrogens with zero attached hydrogens (tertiary/aromatic N) is 5. The highest BCUT2D eigenvalue weighted by Gasteiger charge is 2.29. The molecule has 0 atom stereocenters. The molecule has 0 saturated heterocycles. The first-order valence-corrected chi connectivity index (χ1v) is 8.54. The highest BCUT2D eigenvalue weighted by Crippen LogP contribution is 2.40. The lowest BCUT2D eigenvalue weighted by Crippen LogP contribution is -2.34. The Labute approximate surface area is 163 Å². The van der Waals surface area contributed by atoms with Gasteiger partial charge in [-0.25, -0.2) is 0 Å². The van der Waals surface area contributed by atoms with Gasteiger partial charge in [-0.3, -0.25) is 9.59 Å². The standard InChI is InChI=1S/C19H15N5O5/c1-23(12-6-4-11(5-7-12)21-22-20)18(26)15-16(25)14-13(24(2)19(15)27)8-3-10-9-28-29-17(10)14/h3-8,25H,9H2,1-2H3. The largest absolute Gasteiger partial charge is 0.506 e. The van der Waals surface area contributed by atoms with Gasteiger partial charge in [-0.1, -0.05) is 23.3 Å². The molecule has 0 bridgehead atoms. The van der Waals surface area contributed by atoms with Gasteiger partial charge in [0, 0.05) is 35.9 Å². The lowest BCUT2D eigenvalue weighted by molar-refractivity contribution is -0.193. The van der Waals surface area contributed by atoms with E-state index in [1.165, 1.54) is 35.7 Å². The van der Waals surface area contributed by atoms with E-state index in [0.717, 1.165) is 0 Å². The number of carbonyl (C=O) groups excluding carboxylic acids is 1.